The monoisotopic (exact) mass is 309 g/mol. The van der Waals surface area contributed by atoms with Crippen LogP contribution in [-0.4, -0.2) is 23.0 Å². The Morgan fingerprint density at radius 2 is 1.91 bits per heavy atom. The van der Waals surface area contributed by atoms with Crippen molar-refractivity contribution >= 4 is 22.6 Å². The Morgan fingerprint density at radius 1 is 1.17 bits per heavy atom. The number of ether oxygens (including phenoxy) is 1. The van der Waals surface area contributed by atoms with Gasteiger partial charge in [0.2, 0.25) is 5.91 Å². The van der Waals surface area contributed by atoms with Crippen molar-refractivity contribution < 1.29 is 9.53 Å². The highest BCUT2D eigenvalue weighted by Gasteiger charge is 2.10. The third-order valence-corrected chi connectivity index (χ3v) is 3.37. The van der Waals surface area contributed by atoms with Crippen molar-refractivity contribution in [1.82, 2.24) is 9.97 Å². The maximum atomic E-state index is 12.1. The molecule has 0 fully saturated rings. The Kier molecular flexibility index (Phi) is 4.05. The van der Waals surface area contributed by atoms with Gasteiger partial charge in [-0.25, -0.2) is 4.98 Å². The number of hydrogen-bond donors (Lipinski definition) is 2. The smallest absolute Gasteiger partial charge is 0.270 e. The maximum absolute atomic E-state index is 12.1. The average molecular weight is 309 g/mol. The number of H-pyrrole nitrogens is 1. The largest absolute Gasteiger partial charge is 0.497 e. The Morgan fingerprint density at radius 3 is 2.65 bits per heavy atom. The first-order valence-electron chi connectivity index (χ1n) is 7.07. The number of methoxy groups -OCH3 is 1. The lowest BCUT2D eigenvalue weighted by atomic mass is 10.2. The highest BCUT2D eigenvalue weighted by Crippen LogP contribution is 2.15. The molecule has 3 aromatic rings. The molecular formula is C17H15N3O3. The van der Waals surface area contributed by atoms with Crippen LogP contribution in [0.3, 0.4) is 0 Å². The Hall–Kier alpha value is -3.15. The van der Waals surface area contributed by atoms with E-state index in [2.05, 4.69) is 15.3 Å². The molecule has 6 heteroatoms. The first kappa shape index (κ1) is 14.8. The first-order chi connectivity index (χ1) is 11.2. The number of carbonyl (C=O) groups is 1. The number of aromatic nitrogens is 2. The van der Waals surface area contributed by atoms with E-state index in [0.717, 1.165) is 0 Å². The third-order valence-electron chi connectivity index (χ3n) is 3.37. The minimum Gasteiger partial charge on any atom is -0.497 e. The van der Waals surface area contributed by atoms with E-state index in [1.165, 1.54) is 0 Å². The summed E-state index contributed by atoms with van der Waals surface area (Å²) in [6.07, 6.45) is -0.0911. The summed E-state index contributed by atoms with van der Waals surface area (Å²) < 4.78 is 5.06. The first-order valence-corrected chi connectivity index (χ1v) is 7.07. The molecule has 1 amide bonds. The average Bonchev–Trinajstić information content (AvgIpc) is 2.56. The van der Waals surface area contributed by atoms with E-state index >= 15 is 0 Å². The highest BCUT2D eigenvalue weighted by atomic mass is 16.5. The number of benzene rings is 2. The van der Waals surface area contributed by atoms with Gasteiger partial charge >= 0.3 is 0 Å². The second-order valence-electron chi connectivity index (χ2n) is 4.98. The van der Waals surface area contributed by atoms with Crippen LogP contribution in [-0.2, 0) is 11.2 Å². The Balaban J connectivity index is 1.76. The number of para-hydroxylation sites is 2. The number of fused-ring (bicyclic) bond motifs is 1. The van der Waals surface area contributed by atoms with Gasteiger partial charge in [-0.1, -0.05) is 12.1 Å². The van der Waals surface area contributed by atoms with Crippen LogP contribution < -0.4 is 15.6 Å². The number of anilines is 1. The number of nitrogens with one attached hydrogen (secondary N) is 2. The van der Waals surface area contributed by atoms with Gasteiger partial charge in [-0.2, -0.15) is 0 Å². The number of carbonyl (C=O) groups excluding carboxylic acids is 1. The van der Waals surface area contributed by atoms with Gasteiger partial charge in [-0.15, -0.1) is 0 Å². The van der Waals surface area contributed by atoms with E-state index in [0.29, 0.717) is 22.5 Å². The molecule has 116 valence electrons. The summed E-state index contributed by atoms with van der Waals surface area (Å²) in [5.74, 6) is 0.402. The number of hydrogen-bond acceptors (Lipinski definition) is 4. The SMILES string of the molecule is COc1ccc(NC(=O)Cc2nc3ccccc3[nH]c2=O)cc1. The molecule has 0 saturated heterocycles. The normalized spacial score (nSPS) is 10.5. The van der Waals surface area contributed by atoms with Crippen LogP contribution >= 0.6 is 0 Å². The fraction of sp³-hybridized carbons (Fsp3) is 0.118. The fourth-order valence-electron chi connectivity index (χ4n) is 2.22. The molecule has 23 heavy (non-hydrogen) atoms. The number of rotatable bonds is 4. The van der Waals surface area contributed by atoms with Gasteiger partial charge in [0.1, 0.15) is 11.4 Å². The highest BCUT2D eigenvalue weighted by molar-refractivity contribution is 5.92. The van der Waals surface area contributed by atoms with Gasteiger partial charge in [-0.3, -0.25) is 9.59 Å². The third kappa shape index (κ3) is 3.37. The Bertz CT molecular complexity index is 901. The van der Waals surface area contributed by atoms with Crippen molar-refractivity contribution in [3.05, 3.63) is 64.6 Å². The van der Waals surface area contributed by atoms with Gasteiger partial charge in [0, 0.05) is 5.69 Å². The minimum absolute atomic E-state index is 0.0911. The van der Waals surface area contributed by atoms with Crippen molar-refractivity contribution in [2.24, 2.45) is 0 Å². The summed E-state index contributed by atoms with van der Waals surface area (Å²) in [5, 5.41) is 2.73. The molecule has 0 atom stereocenters. The van der Waals surface area contributed by atoms with Crippen LogP contribution in [0.1, 0.15) is 5.69 Å². The zero-order valence-electron chi connectivity index (χ0n) is 12.5. The maximum Gasteiger partial charge on any atom is 0.270 e. The van der Waals surface area contributed by atoms with Crippen molar-refractivity contribution in [3.8, 4) is 5.75 Å². The topological polar surface area (TPSA) is 84.1 Å². The van der Waals surface area contributed by atoms with Crippen LogP contribution in [0.5, 0.6) is 5.75 Å². The van der Waals surface area contributed by atoms with Crippen LogP contribution in [0.25, 0.3) is 11.0 Å². The predicted octanol–water partition coefficient (Wildman–Crippen LogP) is 2.11. The summed E-state index contributed by atoms with van der Waals surface area (Å²) in [7, 11) is 1.57. The molecular weight excluding hydrogens is 294 g/mol. The quantitative estimate of drug-likeness (QED) is 0.773. The standard InChI is InChI=1S/C17H15N3O3/c1-23-12-8-6-11(7-9-12)18-16(21)10-15-17(22)20-14-5-3-2-4-13(14)19-15/h2-9H,10H2,1H3,(H,18,21)(H,20,22). The molecule has 2 N–H and O–H groups in total. The lowest BCUT2D eigenvalue weighted by Gasteiger charge is -2.06. The van der Waals surface area contributed by atoms with Crippen molar-refractivity contribution in [2.45, 2.75) is 6.42 Å². The van der Waals surface area contributed by atoms with Crippen LogP contribution in [0.2, 0.25) is 0 Å². The van der Waals surface area contributed by atoms with Gasteiger partial charge in [-0.05, 0) is 36.4 Å². The van der Waals surface area contributed by atoms with Crippen molar-refractivity contribution in [2.75, 3.05) is 12.4 Å². The molecule has 2 aromatic carbocycles. The zero-order valence-corrected chi connectivity index (χ0v) is 12.5. The molecule has 0 saturated carbocycles. The molecule has 1 heterocycles. The number of nitrogens with zero attached hydrogens (tertiary/aromatic N) is 1. The number of aromatic amines is 1. The summed E-state index contributed by atoms with van der Waals surface area (Å²) in [5.41, 5.74) is 1.77. The second kappa shape index (κ2) is 6.31. The van der Waals surface area contributed by atoms with E-state index < -0.39 is 0 Å². The molecule has 0 bridgehead atoms. The summed E-state index contributed by atoms with van der Waals surface area (Å²) >= 11 is 0. The fourth-order valence-corrected chi connectivity index (χ4v) is 2.22. The van der Waals surface area contributed by atoms with Crippen molar-refractivity contribution in [1.29, 1.82) is 0 Å². The van der Waals surface area contributed by atoms with Gasteiger partial charge in [0.15, 0.2) is 0 Å². The second-order valence-corrected chi connectivity index (χ2v) is 4.98. The molecule has 0 aliphatic rings. The summed E-state index contributed by atoms with van der Waals surface area (Å²) in [6, 6.07) is 14.2. The van der Waals surface area contributed by atoms with Gasteiger partial charge in [0.05, 0.1) is 24.6 Å². The lowest BCUT2D eigenvalue weighted by Crippen LogP contribution is -2.22. The van der Waals surface area contributed by atoms with Crippen LogP contribution in [0, 0.1) is 0 Å². The molecule has 3 rings (SSSR count). The molecule has 1 aromatic heterocycles. The lowest BCUT2D eigenvalue weighted by molar-refractivity contribution is -0.115. The summed E-state index contributed by atoms with van der Waals surface area (Å²) in [6.45, 7) is 0. The minimum atomic E-state index is -0.353. The van der Waals surface area contributed by atoms with E-state index in [1.54, 1.807) is 43.5 Å². The summed E-state index contributed by atoms with van der Waals surface area (Å²) in [4.78, 5) is 31.1. The molecule has 0 unspecified atom stereocenters. The molecule has 0 radical (unpaired) electrons. The zero-order chi connectivity index (χ0) is 16.2. The molecule has 0 spiro atoms. The van der Waals surface area contributed by atoms with Crippen molar-refractivity contribution in [3.63, 3.8) is 0 Å². The van der Waals surface area contributed by atoms with Gasteiger partial charge in [0.25, 0.3) is 5.56 Å². The van der Waals surface area contributed by atoms with E-state index in [9.17, 15) is 9.59 Å². The molecule has 0 aliphatic heterocycles. The number of amides is 1. The van der Waals surface area contributed by atoms with Crippen LogP contribution in [0.4, 0.5) is 5.69 Å². The Labute approximate surface area is 132 Å². The van der Waals surface area contributed by atoms with E-state index in [1.807, 2.05) is 12.1 Å². The predicted molar refractivity (Wildman–Crippen MR) is 87.7 cm³/mol. The molecule has 0 aliphatic carbocycles. The van der Waals surface area contributed by atoms with Gasteiger partial charge < -0.3 is 15.0 Å². The van der Waals surface area contributed by atoms with Crippen LogP contribution in [0.15, 0.2) is 53.3 Å². The van der Waals surface area contributed by atoms with E-state index in [4.69, 9.17) is 4.74 Å². The molecule has 6 nitrogen and oxygen atoms in total. The van der Waals surface area contributed by atoms with E-state index in [-0.39, 0.29) is 23.6 Å².